The van der Waals surface area contributed by atoms with Crippen LogP contribution in [0.2, 0.25) is 0 Å². The van der Waals surface area contributed by atoms with Crippen molar-refractivity contribution in [2.45, 2.75) is 19.4 Å². The second kappa shape index (κ2) is 4.94. The molecule has 1 N–H and O–H groups in total. The molecule has 1 atom stereocenters. The summed E-state index contributed by atoms with van der Waals surface area (Å²) in [7, 11) is 0. The van der Waals surface area contributed by atoms with Gasteiger partial charge in [-0.2, -0.15) is 11.3 Å². The van der Waals surface area contributed by atoms with Crippen molar-refractivity contribution >= 4 is 17.4 Å². The fourth-order valence-corrected chi connectivity index (χ4v) is 2.16. The molecule has 0 aromatic carbocycles. The summed E-state index contributed by atoms with van der Waals surface area (Å²) < 4.78 is 1.43. The van der Waals surface area contributed by atoms with Crippen LogP contribution in [-0.4, -0.2) is 21.6 Å². The number of imidazole rings is 1. The fraction of sp³-hybridized carbons (Fsp3) is 0.273. The van der Waals surface area contributed by atoms with E-state index in [1.165, 1.54) is 16.5 Å². The minimum Gasteiger partial charge on any atom is -0.335 e. The summed E-state index contributed by atoms with van der Waals surface area (Å²) in [6, 6.07) is 2.05. The summed E-state index contributed by atoms with van der Waals surface area (Å²) in [6.07, 6.45) is 5.56. The van der Waals surface area contributed by atoms with Crippen LogP contribution in [0.15, 0.2) is 35.5 Å². The van der Waals surface area contributed by atoms with E-state index in [-0.39, 0.29) is 12.1 Å². The molecule has 0 aliphatic heterocycles. The molecular weight excluding hydrogens is 222 g/mol. The summed E-state index contributed by atoms with van der Waals surface area (Å²) in [5, 5.41) is 7.05. The lowest BCUT2D eigenvalue weighted by atomic mass is 10.1. The second-order valence-electron chi connectivity index (χ2n) is 3.66. The van der Waals surface area contributed by atoms with Crippen LogP contribution in [0, 0.1) is 0 Å². The highest BCUT2D eigenvalue weighted by atomic mass is 32.1. The van der Waals surface area contributed by atoms with E-state index in [4.69, 9.17) is 0 Å². The molecule has 2 rings (SSSR count). The summed E-state index contributed by atoms with van der Waals surface area (Å²) in [5.41, 5.74) is 1.25. The molecule has 2 aromatic heterocycles. The van der Waals surface area contributed by atoms with E-state index in [0.29, 0.717) is 0 Å². The maximum absolute atomic E-state index is 11.7. The van der Waals surface area contributed by atoms with Gasteiger partial charge in [0.25, 0.3) is 0 Å². The third kappa shape index (κ3) is 2.70. The van der Waals surface area contributed by atoms with Crippen molar-refractivity contribution in [3.8, 4) is 0 Å². The zero-order valence-electron chi connectivity index (χ0n) is 8.96. The smallest absolute Gasteiger partial charge is 0.327 e. The van der Waals surface area contributed by atoms with Crippen LogP contribution >= 0.6 is 11.3 Å². The molecule has 0 radical (unpaired) electrons. The first-order valence-electron chi connectivity index (χ1n) is 5.05. The number of rotatable bonds is 3. The topological polar surface area (TPSA) is 46.9 Å². The molecule has 0 saturated heterocycles. The van der Waals surface area contributed by atoms with E-state index in [2.05, 4.69) is 21.7 Å². The van der Waals surface area contributed by atoms with E-state index in [0.717, 1.165) is 6.42 Å². The zero-order valence-corrected chi connectivity index (χ0v) is 9.78. The van der Waals surface area contributed by atoms with Crippen LogP contribution in [0.25, 0.3) is 0 Å². The Balaban J connectivity index is 1.88. The Labute approximate surface area is 97.9 Å². The molecule has 0 aliphatic carbocycles. The summed E-state index contributed by atoms with van der Waals surface area (Å²) in [6.45, 7) is 1.99. The summed E-state index contributed by atoms with van der Waals surface area (Å²) in [5.74, 6) is 0. The summed E-state index contributed by atoms with van der Waals surface area (Å²) in [4.78, 5) is 15.5. The number of nitrogens with one attached hydrogen (secondary N) is 1. The largest absolute Gasteiger partial charge is 0.335 e. The van der Waals surface area contributed by atoms with Gasteiger partial charge in [0.1, 0.15) is 6.33 Å². The number of thiophene rings is 1. The molecule has 4 nitrogen and oxygen atoms in total. The number of carbonyl (C=O) groups excluding carboxylic acids is 1. The lowest BCUT2D eigenvalue weighted by Crippen LogP contribution is -2.36. The van der Waals surface area contributed by atoms with Gasteiger partial charge in [-0.1, -0.05) is 0 Å². The van der Waals surface area contributed by atoms with E-state index in [9.17, 15) is 4.79 Å². The minimum absolute atomic E-state index is 0.115. The van der Waals surface area contributed by atoms with Crippen molar-refractivity contribution in [1.82, 2.24) is 14.9 Å². The maximum Gasteiger partial charge on any atom is 0.327 e. The normalized spacial score (nSPS) is 12.3. The SMILES string of the molecule is CC(Cc1ccsc1)NC(=O)n1ccnc1. The van der Waals surface area contributed by atoms with E-state index in [1.807, 2.05) is 12.3 Å². The van der Waals surface area contributed by atoms with Crippen LogP contribution in [0.1, 0.15) is 12.5 Å². The average molecular weight is 235 g/mol. The van der Waals surface area contributed by atoms with Crippen molar-refractivity contribution in [3.63, 3.8) is 0 Å². The van der Waals surface area contributed by atoms with Gasteiger partial charge < -0.3 is 5.32 Å². The molecule has 1 unspecified atom stereocenters. The maximum atomic E-state index is 11.7. The Morgan fingerprint density at radius 1 is 1.69 bits per heavy atom. The first-order chi connectivity index (χ1) is 7.75. The second-order valence-corrected chi connectivity index (χ2v) is 4.44. The van der Waals surface area contributed by atoms with E-state index in [1.54, 1.807) is 23.7 Å². The summed E-state index contributed by atoms with van der Waals surface area (Å²) >= 11 is 1.67. The van der Waals surface area contributed by atoms with Gasteiger partial charge in [0, 0.05) is 18.4 Å². The van der Waals surface area contributed by atoms with Gasteiger partial charge in [-0.05, 0) is 35.7 Å². The van der Waals surface area contributed by atoms with Crippen LogP contribution in [-0.2, 0) is 6.42 Å². The first-order valence-corrected chi connectivity index (χ1v) is 6.00. The average Bonchev–Trinajstić information content (AvgIpc) is 2.88. The Kier molecular flexibility index (Phi) is 3.36. The van der Waals surface area contributed by atoms with Gasteiger partial charge in [0.2, 0.25) is 0 Å². The third-order valence-corrected chi connectivity index (χ3v) is 2.96. The molecule has 84 valence electrons. The van der Waals surface area contributed by atoms with Gasteiger partial charge in [-0.3, -0.25) is 4.57 Å². The molecule has 2 aromatic rings. The highest BCUT2D eigenvalue weighted by Gasteiger charge is 2.09. The zero-order chi connectivity index (χ0) is 11.4. The molecule has 2 heterocycles. The monoisotopic (exact) mass is 235 g/mol. The van der Waals surface area contributed by atoms with Crippen molar-refractivity contribution < 1.29 is 4.79 Å². The Morgan fingerprint density at radius 3 is 3.19 bits per heavy atom. The molecular formula is C11H13N3OS. The van der Waals surface area contributed by atoms with Crippen LogP contribution in [0.5, 0.6) is 0 Å². The molecule has 0 aliphatic rings. The molecule has 5 heteroatoms. The van der Waals surface area contributed by atoms with Gasteiger partial charge in [-0.25, -0.2) is 9.78 Å². The van der Waals surface area contributed by atoms with Gasteiger partial charge in [-0.15, -0.1) is 0 Å². The molecule has 0 spiro atoms. The van der Waals surface area contributed by atoms with Crippen LogP contribution in [0.4, 0.5) is 4.79 Å². The first kappa shape index (κ1) is 10.9. The number of amides is 1. The number of aromatic nitrogens is 2. The third-order valence-electron chi connectivity index (χ3n) is 2.23. The lowest BCUT2D eigenvalue weighted by Gasteiger charge is -2.12. The van der Waals surface area contributed by atoms with Crippen molar-refractivity contribution in [2.24, 2.45) is 0 Å². The van der Waals surface area contributed by atoms with Gasteiger partial charge >= 0.3 is 6.03 Å². The molecule has 0 fully saturated rings. The highest BCUT2D eigenvalue weighted by Crippen LogP contribution is 2.08. The Hall–Kier alpha value is -1.62. The van der Waals surface area contributed by atoms with Gasteiger partial charge in [0.15, 0.2) is 0 Å². The van der Waals surface area contributed by atoms with E-state index < -0.39 is 0 Å². The van der Waals surface area contributed by atoms with Crippen molar-refractivity contribution in [1.29, 1.82) is 0 Å². The Bertz CT molecular complexity index is 436. The molecule has 0 bridgehead atoms. The molecule has 16 heavy (non-hydrogen) atoms. The van der Waals surface area contributed by atoms with E-state index >= 15 is 0 Å². The van der Waals surface area contributed by atoms with Crippen LogP contribution in [0.3, 0.4) is 0 Å². The van der Waals surface area contributed by atoms with Crippen LogP contribution < -0.4 is 5.32 Å². The predicted octanol–water partition coefficient (Wildman–Crippen LogP) is 2.13. The number of carbonyl (C=O) groups is 1. The molecule has 1 amide bonds. The standard InChI is InChI=1S/C11H13N3OS/c1-9(6-10-2-5-16-7-10)13-11(15)14-4-3-12-8-14/h2-5,7-9H,6H2,1H3,(H,13,15). The van der Waals surface area contributed by atoms with Crippen molar-refractivity contribution in [3.05, 3.63) is 41.1 Å². The lowest BCUT2D eigenvalue weighted by molar-refractivity contribution is 0.239. The quantitative estimate of drug-likeness (QED) is 0.886. The van der Waals surface area contributed by atoms with Crippen molar-refractivity contribution in [2.75, 3.05) is 0 Å². The fourth-order valence-electron chi connectivity index (χ4n) is 1.48. The highest BCUT2D eigenvalue weighted by molar-refractivity contribution is 7.07. The number of nitrogens with zero attached hydrogens (tertiary/aromatic N) is 2. The predicted molar refractivity (Wildman–Crippen MR) is 63.6 cm³/mol. The number of hydrogen-bond acceptors (Lipinski definition) is 3. The molecule has 0 saturated carbocycles. The van der Waals surface area contributed by atoms with Gasteiger partial charge in [0.05, 0.1) is 0 Å². The minimum atomic E-state index is -0.139. The Morgan fingerprint density at radius 2 is 2.56 bits per heavy atom. The number of hydrogen-bond donors (Lipinski definition) is 1.